The van der Waals surface area contributed by atoms with Gasteiger partial charge in [-0.1, -0.05) is 6.92 Å². The maximum Gasteiger partial charge on any atom is 0.105 e. The summed E-state index contributed by atoms with van der Waals surface area (Å²) in [6.07, 6.45) is 2.49. The quantitative estimate of drug-likeness (QED) is 0.896. The first-order chi connectivity index (χ1) is 8.52. The summed E-state index contributed by atoms with van der Waals surface area (Å²) in [6.45, 7) is 10.6. The summed E-state index contributed by atoms with van der Waals surface area (Å²) >= 11 is 0. The van der Waals surface area contributed by atoms with Gasteiger partial charge < -0.3 is 10.2 Å². The van der Waals surface area contributed by atoms with E-state index < -0.39 is 0 Å². The Morgan fingerprint density at radius 3 is 2.78 bits per heavy atom. The first-order valence-corrected chi connectivity index (χ1v) is 7.05. The van der Waals surface area contributed by atoms with E-state index in [0.717, 1.165) is 30.5 Å². The van der Waals surface area contributed by atoms with Crippen LogP contribution < -0.4 is 5.73 Å². The molecule has 3 heteroatoms. The summed E-state index contributed by atoms with van der Waals surface area (Å²) in [5, 5.41) is 0. The Balaban J connectivity index is 2.17. The molecular formula is C15H26N2O. The number of nitrogens with two attached hydrogens (primary N) is 1. The molecular weight excluding hydrogens is 224 g/mol. The molecule has 1 aromatic rings. The highest BCUT2D eigenvalue weighted by Crippen LogP contribution is 2.32. The van der Waals surface area contributed by atoms with Crippen molar-refractivity contribution in [3.63, 3.8) is 0 Å². The van der Waals surface area contributed by atoms with Gasteiger partial charge in [0, 0.05) is 24.2 Å². The van der Waals surface area contributed by atoms with Crippen LogP contribution in [0.25, 0.3) is 0 Å². The van der Waals surface area contributed by atoms with E-state index in [1.54, 1.807) is 0 Å². The average Bonchev–Trinajstić information content (AvgIpc) is 2.67. The van der Waals surface area contributed by atoms with Crippen molar-refractivity contribution < 1.29 is 4.42 Å². The van der Waals surface area contributed by atoms with Crippen molar-refractivity contribution in [1.82, 2.24) is 4.90 Å². The van der Waals surface area contributed by atoms with E-state index in [1.807, 2.05) is 6.92 Å². The lowest BCUT2D eigenvalue weighted by Gasteiger charge is -2.41. The molecule has 2 heterocycles. The largest absolute Gasteiger partial charge is 0.466 e. The molecule has 0 bridgehead atoms. The molecule has 1 aromatic heterocycles. The zero-order chi connectivity index (χ0) is 13.3. The van der Waals surface area contributed by atoms with Crippen molar-refractivity contribution in [2.75, 3.05) is 13.1 Å². The molecule has 102 valence electrons. The van der Waals surface area contributed by atoms with E-state index in [1.165, 1.54) is 18.4 Å². The standard InChI is InChI=1S/C15H26N2O/c1-10-5-6-17(14(7-10)9-16)12(3)15-8-11(2)18-13(15)4/h8,10,12,14H,5-7,9,16H2,1-4H3. The molecule has 0 spiro atoms. The highest BCUT2D eigenvalue weighted by molar-refractivity contribution is 5.24. The topological polar surface area (TPSA) is 42.4 Å². The predicted octanol–water partition coefficient (Wildman–Crippen LogP) is 3.02. The molecule has 1 aliphatic heterocycles. The second-order valence-corrected chi connectivity index (χ2v) is 5.80. The summed E-state index contributed by atoms with van der Waals surface area (Å²) in [7, 11) is 0. The van der Waals surface area contributed by atoms with Crippen molar-refractivity contribution in [3.8, 4) is 0 Å². The third-order valence-corrected chi connectivity index (χ3v) is 4.32. The lowest BCUT2D eigenvalue weighted by atomic mass is 9.90. The van der Waals surface area contributed by atoms with Crippen LogP contribution in [0.2, 0.25) is 0 Å². The van der Waals surface area contributed by atoms with Crippen LogP contribution >= 0.6 is 0 Å². The minimum Gasteiger partial charge on any atom is -0.466 e. The van der Waals surface area contributed by atoms with Crippen LogP contribution in [0.1, 0.15) is 49.8 Å². The fourth-order valence-electron chi connectivity index (χ4n) is 3.26. The maximum absolute atomic E-state index is 5.95. The minimum atomic E-state index is 0.406. The van der Waals surface area contributed by atoms with Crippen molar-refractivity contribution in [3.05, 3.63) is 23.2 Å². The zero-order valence-electron chi connectivity index (χ0n) is 12.1. The van der Waals surface area contributed by atoms with Crippen LogP contribution in [0.5, 0.6) is 0 Å². The number of hydrogen-bond acceptors (Lipinski definition) is 3. The van der Waals surface area contributed by atoms with E-state index in [9.17, 15) is 0 Å². The molecule has 3 atom stereocenters. The predicted molar refractivity (Wildman–Crippen MR) is 74.5 cm³/mol. The Kier molecular flexibility index (Phi) is 4.13. The van der Waals surface area contributed by atoms with Gasteiger partial charge in [0.05, 0.1) is 0 Å². The highest BCUT2D eigenvalue weighted by Gasteiger charge is 2.30. The summed E-state index contributed by atoms with van der Waals surface area (Å²) in [5.74, 6) is 2.85. The van der Waals surface area contributed by atoms with Crippen LogP contribution in [0.4, 0.5) is 0 Å². The third kappa shape index (κ3) is 2.62. The van der Waals surface area contributed by atoms with Crippen molar-refractivity contribution >= 4 is 0 Å². The van der Waals surface area contributed by atoms with Gasteiger partial charge in [-0.25, -0.2) is 0 Å². The van der Waals surface area contributed by atoms with Gasteiger partial charge in [-0.15, -0.1) is 0 Å². The summed E-state index contributed by atoms with van der Waals surface area (Å²) < 4.78 is 5.66. The van der Waals surface area contributed by atoms with Crippen LogP contribution in [-0.2, 0) is 0 Å². The van der Waals surface area contributed by atoms with Gasteiger partial charge in [-0.3, -0.25) is 4.90 Å². The van der Waals surface area contributed by atoms with Crippen LogP contribution in [0, 0.1) is 19.8 Å². The monoisotopic (exact) mass is 250 g/mol. The highest BCUT2D eigenvalue weighted by atomic mass is 16.3. The molecule has 3 nitrogen and oxygen atoms in total. The number of piperidine rings is 1. The van der Waals surface area contributed by atoms with Gasteiger partial charge in [0.1, 0.15) is 11.5 Å². The number of nitrogens with zero attached hydrogens (tertiary/aromatic N) is 1. The Morgan fingerprint density at radius 2 is 2.22 bits per heavy atom. The third-order valence-electron chi connectivity index (χ3n) is 4.32. The number of rotatable bonds is 3. The lowest BCUT2D eigenvalue weighted by Crippen LogP contribution is -2.47. The van der Waals surface area contributed by atoms with Gasteiger partial charge >= 0.3 is 0 Å². The number of aryl methyl sites for hydroxylation is 2. The minimum absolute atomic E-state index is 0.406. The average molecular weight is 250 g/mol. The fourth-order valence-corrected chi connectivity index (χ4v) is 3.26. The van der Waals surface area contributed by atoms with Crippen LogP contribution in [0.3, 0.4) is 0 Å². The molecule has 2 rings (SSSR count). The molecule has 1 saturated heterocycles. The fraction of sp³-hybridized carbons (Fsp3) is 0.733. The summed E-state index contributed by atoms with van der Waals surface area (Å²) in [6, 6.07) is 3.09. The Labute approximate surface area is 110 Å². The second kappa shape index (κ2) is 5.45. The molecule has 3 unspecified atom stereocenters. The van der Waals surface area contributed by atoms with Crippen molar-refractivity contribution in [2.45, 2.75) is 52.6 Å². The number of furan rings is 1. The Morgan fingerprint density at radius 1 is 1.50 bits per heavy atom. The van der Waals surface area contributed by atoms with E-state index in [-0.39, 0.29) is 0 Å². The molecule has 0 aromatic carbocycles. The maximum atomic E-state index is 5.95. The smallest absolute Gasteiger partial charge is 0.105 e. The van der Waals surface area contributed by atoms with E-state index in [4.69, 9.17) is 10.2 Å². The second-order valence-electron chi connectivity index (χ2n) is 5.80. The Hall–Kier alpha value is -0.800. The van der Waals surface area contributed by atoms with Gasteiger partial charge in [-0.2, -0.15) is 0 Å². The molecule has 0 saturated carbocycles. The molecule has 1 fully saturated rings. The van der Waals surface area contributed by atoms with Crippen LogP contribution in [0.15, 0.2) is 10.5 Å². The summed E-state index contributed by atoms with van der Waals surface area (Å²) in [4.78, 5) is 2.55. The van der Waals surface area contributed by atoms with E-state index in [0.29, 0.717) is 12.1 Å². The first kappa shape index (κ1) is 13.6. The zero-order valence-corrected chi connectivity index (χ0v) is 12.1. The normalized spacial score (nSPS) is 27.4. The lowest BCUT2D eigenvalue weighted by molar-refractivity contribution is 0.0828. The van der Waals surface area contributed by atoms with E-state index in [2.05, 4.69) is 31.7 Å². The summed E-state index contributed by atoms with van der Waals surface area (Å²) in [5.41, 5.74) is 7.27. The molecule has 18 heavy (non-hydrogen) atoms. The molecule has 0 aliphatic carbocycles. The Bertz CT molecular complexity index is 399. The SMILES string of the molecule is Cc1cc(C(C)N2CCC(C)CC2CN)c(C)o1. The molecule has 0 amide bonds. The van der Waals surface area contributed by atoms with Crippen LogP contribution in [-0.4, -0.2) is 24.0 Å². The molecule has 0 radical (unpaired) electrons. The molecule has 1 aliphatic rings. The van der Waals surface area contributed by atoms with Gasteiger partial charge in [0.25, 0.3) is 0 Å². The number of likely N-dealkylation sites (tertiary alicyclic amines) is 1. The van der Waals surface area contributed by atoms with Gasteiger partial charge in [0.15, 0.2) is 0 Å². The first-order valence-electron chi connectivity index (χ1n) is 7.05. The van der Waals surface area contributed by atoms with E-state index >= 15 is 0 Å². The van der Waals surface area contributed by atoms with Gasteiger partial charge in [-0.05, 0) is 52.1 Å². The number of hydrogen-bond donors (Lipinski definition) is 1. The molecule has 2 N–H and O–H groups in total. The van der Waals surface area contributed by atoms with Gasteiger partial charge in [0.2, 0.25) is 0 Å². The van der Waals surface area contributed by atoms with Crippen molar-refractivity contribution in [1.29, 1.82) is 0 Å². The van der Waals surface area contributed by atoms with Crippen molar-refractivity contribution in [2.24, 2.45) is 11.7 Å².